The molecule has 0 bridgehead atoms. The second-order valence-electron chi connectivity index (χ2n) is 2.28. The molecule has 0 aromatic rings. The maximum atomic E-state index is 13.0. The minimum Gasteiger partial charge on any atom is -0.230 e. The van der Waals surface area contributed by atoms with Crippen molar-refractivity contribution in [2.75, 3.05) is 13.1 Å². The van der Waals surface area contributed by atoms with Gasteiger partial charge in [0.05, 0.1) is 13.1 Å². The van der Waals surface area contributed by atoms with Gasteiger partial charge in [0.25, 0.3) is 0 Å². The fourth-order valence-corrected chi connectivity index (χ4v) is 0.544. The number of aliphatic imine (C=N–C) groups is 2. The van der Waals surface area contributed by atoms with Gasteiger partial charge in [-0.25, -0.2) is 24.0 Å². The van der Waals surface area contributed by atoms with Crippen molar-refractivity contribution in [2.45, 2.75) is 11.8 Å². The maximum Gasteiger partial charge on any atom is 0.426 e. The van der Waals surface area contributed by atoms with Crippen LogP contribution < -0.4 is 0 Å². The molecule has 0 atom stereocenters. The van der Waals surface area contributed by atoms with Crippen LogP contribution in [-0.4, -0.2) is 37.1 Å². The van der Waals surface area contributed by atoms with Gasteiger partial charge < -0.3 is 0 Å². The summed E-state index contributed by atoms with van der Waals surface area (Å²) >= 11 is 0. The van der Waals surface area contributed by atoms with E-state index in [0.717, 1.165) is 12.2 Å². The predicted molar refractivity (Wildman–Crippen MR) is 35.9 cm³/mol. The molecule has 0 aromatic heterocycles. The van der Waals surface area contributed by atoms with E-state index >= 15 is 0 Å². The molecule has 0 saturated heterocycles. The highest BCUT2D eigenvalue weighted by atomic mass is 19.4. The minimum absolute atomic E-state index is 0.767. The molecule has 8 heteroatoms. The normalized spacial score (nSPS) is 14.9. The number of halogens is 4. The van der Waals surface area contributed by atoms with Crippen LogP contribution in [0.5, 0.6) is 0 Å². The van der Waals surface area contributed by atoms with Gasteiger partial charge in [-0.15, -0.1) is 0 Å². The molecule has 14 heavy (non-hydrogen) atoms. The Morgan fingerprint density at radius 1 is 0.929 bits per heavy atom. The van der Waals surface area contributed by atoms with E-state index in [1.165, 1.54) is 0 Å². The molecular formula is C6H4F4N2O2. The monoisotopic (exact) mass is 212 g/mol. The highest BCUT2D eigenvalue weighted by molar-refractivity contribution is 5.34. The first-order chi connectivity index (χ1) is 6.37. The van der Waals surface area contributed by atoms with Crippen molar-refractivity contribution in [1.29, 1.82) is 0 Å². The van der Waals surface area contributed by atoms with Crippen molar-refractivity contribution >= 4 is 12.2 Å². The Balaban J connectivity index is 4.83. The van der Waals surface area contributed by atoms with Crippen molar-refractivity contribution in [3.8, 4) is 0 Å². The Hall–Kier alpha value is -1.52. The second kappa shape index (κ2) is 4.64. The van der Waals surface area contributed by atoms with Gasteiger partial charge in [0, 0.05) is 0 Å². The molecule has 0 rings (SSSR count). The Morgan fingerprint density at radius 2 is 1.29 bits per heavy atom. The number of carbonyl (C=O) groups excluding carboxylic acids is 2. The van der Waals surface area contributed by atoms with Gasteiger partial charge in [0.2, 0.25) is 17.8 Å². The zero-order valence-electron chi connectivity index (χ0n) is 6.64. The molecule has 0 aromatic carbocycles. The third-order valence-electron chi connectivity index (χ3n) is 1.30. The lowest BCUT2D eigenvalue weighted by Crippen LogP contribution is -2.46. The summed E-state index contributed by atoms with van der Waals surface area (Å²) in [7, 11) is 0. The van der Waals surface area contributed by atoms with Crippen LogP contribution in [-0.2, 0) is 9.59 Å². The lowest BCUT2D eigenvalue weighted by atomic mass is 10.1. The van der Waals surface area contributed by atoms with Crippen LogP contribution in [0.25, 0.3) is 0 Å². The van der Waals surface area contributed by atoms with Crippen LogP contribution in [0.1, 0.15) is 0 Å². The standard InChI is InChI=1S/C6H4F4N2O2/c7-5(1-11-3-13,2-12-4-14)6(8,9)10/h1-2H2. The first-order valence-electron chi connectivity index (χ1n) is 3.20. The summed E-state index contributed by atoms with van der Waals surface area (Å²) in [4.78, 5) is 24.0. The SMILES string of the molecule is O=C=NCC(F)(CN=C=O)C(F)(F)F. The lowest BCUT2D eigenvalue weighted by Gasteiger charge is -2.22. The first kappa shape index (κ1) is 12.5. The third kappa shape index (κ3) is 3.08. The van der Waals surface area contributed by atoms with Gasteiger partial charge in [-0.1, -0.05) is 0 Å². The summed E-state index contributed by atoms with van der Waals surface area (Å²) < 4.78 is 49.0. The summed E-state index contributed by atoms with van der Waals surface area (Å²) in [5, 5.41) is 0. The average molecular weight is 212 g/mol. The molecule has 0 fully saturated rings. The van der Waals surface area contributed by atoms with Gasteiger partial charge in [0.1, 0.15) is 0 Å². The van der Waals surface area contributed by atoms with Crippen LogP contribution in [0.2, 0.25) is 0 Å². The van der Waals surface area contributed by atoms with Crippen molar-refractivity contribution in [3.05, 3.63) is 0 Å². The van der Waals surface area contributed by atoms with E-state index < -0.39 is 24.9 Å². The zero-order chi connectivity index (χ0) is 11.2. The summed E-state index contributed by atoms with van der Waals surface area (Å²) in [6, 6.07) is 0. The molecular weight excluding hydrogens is 208 g/mol. The topological polar surface area (TPSA) is 58.9 Å². The molecule has 0 radical (unpaired) electrons. The second-order valence-corrected chi connectivity index (χ2v) is 2.28. The molecule has 0 unspecified atom stereocenters. The van der Waals surface area contributed by atoms with E-state index in [9.17, 15) is 27.2 Å². The zero-order valence-corrected chi connectivity index (χ0v) is 6.64. The third-order valence-corrected chi connectivity index (χ3v) is 1.30. The van der Waals surface area contributed by atoms with Crippen LogP contribution in [0.3, 0.4) is 0 Å². The molecule has 0 spiro atoms. The molecule has 0 aliphatic carbocycles. The van der Waals surface area contributed by atoms with Gasteiger partial charge in [0.15, 0.2) is 0 Å². The van der Waals surface area contributed by atoms with Gasteiger partial charge in [-0.05, 0) is 0 Å². The molecule has 0 aliphatic heterocycles. The quantitative estimate of drug-likeness (QED) is 0.395. The summed E-state index contributed by atoms with van der Waals surface area (Å²) in [5.74, 6) is 0. The van der Waals surface area contributed by atoms with E-state index in [-0.39, 0.29) is 0 Å². The van der Waals surface area contributed by atoms with Crippen LogP contribution in [0.4, 0.5) is 17.6 Å². The van der Waals surface area contributed by atoms with Crippen LogP contribution >= 0.6 is 0 Å². The smallest absolute Gasteiger partial charge is 0.230 e. The van der Waals surface area contributed by atoms with Gasteiger partial charge in [-0.3, -0.25) is 0 Å². The average Bonchev–Trinajstić information content (AvgIpc) is 2.09. The van der Waals surface area contributed by atoms with Crippen molar-refractivity contribution in [2.24, 2.45) is 9.98 Å². The van der Waals surface area contributed by atoms with Gasteiger partial charge in [-0.2, -0.15) is 13.2 Å². The summed E-state index contributed by atoms with van der Waals surface area (Å²) in [6.45, 7) is -2.93. The summed E-state index contributed by atoms with van der Waals surface area (Å²) in [5.41, 5.74) is -3.82. The molecule has 0 amide bonds. The van der Waals surface area contributed by atoms with Crippen molar-refractivity contribution in [1.82, 2.24) is 0 Å². The number of rotatable bonds is 4. The van der Waals surface area contributed by atoms with Crippen LogP contribution in [0.15, 0.2) is 9.98 Å². The molecule has 0 heterocycles. The van der Waals surface area contributed by atoms with E-state index in [0.29, 0.717) is 0 Å². The van der Waals surface area contributed by atoms with E-state index in [2.05, 4.69) is 9.98 Å². The molecule has 78 valence electrons. The Labute approximate surface area is 75.3 Å². The largest absolute Gasteiger partial charge is 0.426 e. The Kier molecular flexibility index (Phi) is 4.14. The number of nitrogens with zero attached hydrogens (tertiary/aromatic N) is 2. The summed E-state index contributed by atoms with van der Waals surface area (Å²) in [6.07, 6.45) is -3.72. The van der Waals surface area contributed by atoms with E-state index in [4.69, 9.17) is 0 Å². The number of isocyanates is 2. The highest BCUT2D eigenvalue weighted by Crippen LogP contribution is 2.34. The highest BCUT2D eigenvalue weighted by Gasteiger charge is 2.56. The molecule has 0 N–H and O–H groups in total. The van der Waals surface area contributed by atoms with E-state index in [1.807, 2.05) is 0 Å². The molecule has 4 nitrogen and oxygen atoms in total. The predicted octanol–water partition coefficient (Wildman–Crippen LogP) is 0.929. The van der Waals surface area contributed by atoms with Gasteiger partial charge >= 0.3 is 6.18 Å². The number of hydrogen-bond donors (Lipinski definition) is 0. The number of alkyl halides is 4. The molecule has 0 saturated carbocycles. The van der Waals surface area contributed by atoms with E-state index in [1.54, 1.807) is 0 Å². The number of hydrogen-bond acceptors (Lipinski definition) is 4. The fourth-order valence-electron chi connectivity index (χ4n) is 0.544. The van der Waals surface area contributed by atoms with Crippen molar-refractivity contribution in [3.63, 3.8) is 0 Å². The minimum atomic E-state index is -5.26. The maximum absolute atomic E-state index is 13.0. The Morgan fingerprint density at radius 3 is 1.50 bits per heavy atom. The molecule has 0 aliphatic rings. The lowest BCUT2D eigenvalue weighted by molar-refractivity contribution is -0.222. The van der Waals surface area contributed by atoms with Crippen molar-refractivity contribution < 1.29 is 27.2 Å². The fraction of sp³-hybridized carbons (Fsp3) is 0.667. The first-order valence-corrected chi connectivity index (χ1v) is 3.20. The Bertz CT molecular complexity index is 269. The van der Waals surface area contributed by atoms with Crippen LogP contribution in [0, 0.1) is 0 Å².